The number of fused-ring (bicyclic) bond motifs is 1. The van der Waals surface area contributed by atoms with Crippen molar-refractivity contribution in [2.24, 2.45) is 0 Å². The second-order valence-electron chi connectivity index (χ2n) is 9.65. The summed E-state index contributed by atoms with van der Waals surface area (Å²) >= 11 is 0. The van der Waals surface area contributed by atoms with Crippen LogP contribution < -0.4 is 25.0 Å². The Labute approximate surface area is 234 Å². The lowest BCUT2D eigenvalue weighted by molar-refractivity contribution is -0.119. The molecule has 40 heavy (non-hydrogen) atoms. The van der Waals surface area contributed by atoms with Gasteiger partial charge in [0.25, 0.3) is 0 Å². The number of imidazole rings is 1. The summed E-state index contributed by atoms with van der Waals surface area (Å²) in [7, 11) is 0. The third-order valence-corrected chi connectivity index (χ3v) is 6.52. The van der Waals surface area contributed by atoms with Gasteiger partial charge >= 0.3 is 0 Å². The Morgan fingerprint density at radius 1 is 1.00 bits per heavy atom. The molecular weight excluding hydrogens is 506 g/mol. The van der Waals surface area contributed by atoms with Crippen molar-refractivity contribution < 1.29 is 14.3 Å². The third-order valence-electron chi connectivity index (χ3n) is 6.52. The minimum atomic E-state index is -0.0600. The van der Waals surface area contributed by atoms with Gasteiger partial charge in [-0.3, -0.25) is 9.36 Å². The van der Waals surface area contributed by atoms with Gasteiger partial charge in [-0.15, -0.1) is 0 Å². The van der Waals surface area contributed by atoms with Crippen molar-refractivity contribution in [2.45, 2.75) is 26.3 Å². The van der Waals surface area contributed by atoms with E-state index < -0.39 is 0 Å². The van der Waals surface area contributed by atoms with E-state index in [1.165, 1.54) is 5.56 Å². The Kier molecular flexibility index (Phi) is 9.21. The summed E-state index contributed by atoms with van der Waals surface area (Å²) in [5, 5.41) is 6.55. The number of aromatic nitrogens is 4. The molecule has 0 saturated carbocycles. The van der Waals surface area contributed by atoms with Gasteiger partial charge in [-0.1, -0.05) is 36.4 Å². The number of hydrogen-bond donors (Lipinski definition) is 2. The molecular formula is C30H35N7O3. The summed E-state index contributed by atoms with van der Waals surface area (Å²) in [6, 6.07) is 18.2. The van der Waals surface area contributed by atoms with Crippen LogP contribution in [-0.2, 0) is 17.8 Å². The van der Waals surface area contributed by atoms with Crippen LogP contribution in [-0.4, -0.2) is 64.8 Å². The molecule has 0 spiro atoms. The zero-order valence-electron chi connectivity index (χ0n) is 22.8. The smallest absolute Gasteiger partial charge is 0.239 e. The van der Waals surface area contributed by atoms with Gasteiger partial charge in [0.2, 0.25) is 11.9 Å². The molecule has 2 aromatic heterocycles. The highest BCUT2D eigenvalue weighted by Gasteiger charge is 2.16. The van der Waals surface area contributed by atoms with Crippen molar-refractivity contribution in [1.82, 2.24) is 30.2 Å². The Hall–Kier alpha value is -4.44. The molecule has 0 saturated heterocycles. The molecule has 10 nitrogen and oxygen atoms in total. The number of aryl methyl sites for hydroxylation is 1. The van der Waals surface area contributed by atoms with Gasteiger partial charge in [-0.2, -0.15) is 4.98 Å². The molecule has 1 aliphatic rings. The zero-order chi connectivity index (χ0) is 27.6. The fraction of sp³-hybridized carbons (Fsp3) is 0.333. The number of hydrogen-bond acceptors (Lipinski definition) is 8. The molecule has 0 atom stereocenters. The highest BCUT2D eigenvalue weighted by atomic mass is 16.6. The average Bonchev–Trinajstić information content (AvgIpc) is 3.52. The topological polar surface area (TPSA) is 106 Å². The first-order valence-electron chi connectivity index (χ1n) is 13.6. The number of anilines is 1. The maximum absolute atomic E-state index is 13.1. The van der Waals surface area contributed by atoms with Gasteiger partial charge in [0.1, 0.15) is 25.4 Å². The molecule has 2 aromatic carbocycles. The zero-order valence-corrected chi connectivity index (χ0v) is 22.8. The molecule has 0 unspecified atom stereocenters. The molecule has 1 amide bonds. The molecule has 208 valence electrons. The lowest BCUT2D eigenvalue weighted by atomic mass is 10.1. The van der Waals surface area contributed by atoms with E-state index in [2.05, 4.69) is 32.7 Å². The molecule has 0 fully saturated rings. The van der Waals surface area contributed by atoms with E-state index in [1.807, 2.05) is 54.3 Å². The lowest BCUT2D eigenvalue weighted by Crippen LogP contribution is -2.39. The normalized spacial score (nSPS) is 12.2. The van der Waals surface area contributed by atoms with Crippen LogP contribution in [0.4, 0.5) is 5.82 Å². The quantitative estimate of drug-likeness (QED) is 0.249. The standard InChI is InChI=1S/C30H35N7O3/c1-23-18-28(35-30(34-23)37-15-13-32-22-37)36(14-5-11-31-20-25-6-3-2-4-7-25)21-29(38)33-12-10-24-8-9-26-27(19-24)40-17-16-39-26/h2-4,6-9,13,15,18-19,22,31H,5,10-12,14,16-17,20-21H2,1H3,(H,33,38). The lowest BCUT2D eigenvalue weighted by Gasteiger charge is -2.24. The number of nitrogens with one attached hydrogen (secondary N) is 2. The fourth-order valence-corrected chi connectivity index (χ4v) is 4.51. The minimum absolute atomic E-state index is 0.0600. The summed E-state index contributed by atoms with van der Waals surface area (Å²) in [5.41, 5.74) is 3.15. The van der Waals surface area contributed by atoms with Gasteiger partial charge in [0, 0.05) is 43.8 Å². The number of nitrogens with zero attached hydrogens (tertiary/aromatic N) is 5. The number of benzene rings is 2. The first kappa shape index (κ1) is 27.1. The van der Waals surface area contributed by atoms with Gasteiger partial charge in [-0.05, 0) is 49.6 Å². The van der Waals surface area contributed by atoms with E-state index in [1.54, 1.807) is 23.3 Å². The van der Waals surface area contributed by atoms with Gasteiger partial charge in [0.15, 0.2) is 11.5 Å². The summed E-state index contributed by atoms with van der Waals surface area (Å²) < 4.78 is 13.0. The van der Waals surface area contributed by atoms with Gasteiger partial charge in [-0.25, -0.2) is 9.97 Å². The van der Waals surface area contributed by atoms with Crippen molar-refractivity contribution in [3.63, 3.8) is 0 Å². The van der Waals surface area contributed by atoms with Crippen LogP contribution in [0, 0.1) is 6.92 Å². The second-order valence-corrected chi connectivity index (χ2v) is 9.65. The third kappa shape index (κ3) is 7.57. The molecule has 10 heteroatoms. The first-order chi connectivity index (χ1) is 19.6. The maximum atomic E-state index is 13.1. The average molecular weight is 542 g/mol. The summed E-state index contributed by atoms with van der Waals surface area (Å²) in [6.45, 7) is 6.05. The second kappa shape index (κ2) is 13.6. The number of carbonyl (C=O) groups excluding carboxylic acids is 1. The molecule has 4 aromatic rings. The fourth-order valence-electron chi connectivity index (χ4n) is 4.51. The van der Waals surface area contributed by atoms with Crippen molar-refractivity contribution in [3.05, 3.63) is 90.1 Å². The SMILES string of the molecule is Cc1cc(N(CCCNCc2ccccc2)CC(=O)NCCc2ccc3c(c2)OCCO3)nc(-n2ccnc2)n1. The number of ether oxygens (including phenoxy) is 2. The van der Waals surface area contributed by atoms with Crippen LogP contribution in [0.15, 0.2) is 73.3 Å². The Bertz CT molecular complexity index is 1380. The summed E-state index contributed by atoms with van der Waals surface area (Å²) in [4.78, 5) is 28.5. The van der Waals surface area contributed by atoms with Crippen LogP contribution in [0.25, 0.3) is 5.95 Å². The van der Waals surface area contributed by atoms with Crippen molar-refractivity contribution >= 4 is 11.7 Å². The molecule has 0 aliphatic carbocycles. The van der Waals surface area contributed by atoms with Gasteiger partial charge in [0.05, 0.1) is 6.54 Å². The Morgan fingerprint density at radius 3 is 2.67 bits per heavy atom. The van der Waals surface area contributed by atoms with Gasteiger partial charge < -0.3 is 25.0 Å². The summed E-state index contributed by atoms with van der Waals surface area (Å²) in [5.74, 6) is 2.70. The van der Waals surface area contributed by atoms with Crippen LogP contribution in [0.2, 0.25) is 0 Å². The first-order valence-corrected chi connectivity index (χ1v) is 13.6. The monoisotopic (exact) mass is 541 g/mol. The predicted molar refractivity (Wildman–Crippen MR) is 153 cm³/mol. The van der Waals surface area contributed by atoms with Crippen LogP contribution in [0.3, 0.4) is 0 Å². The van der Waals surface area contributed by atoms with E-state index in [-0.39, 0.29) is 12.5 Å². The van der Waals surface area contributed by atoms with E-state index >= 15 is 0 Å². The molecule has 0 bridgehead atoms. The maximum Gasteiger partial charge on any atom is 0.239 e. The highest BCUT2D eigenvalue weighted by Crippen LogP contribution is 2.30. The van der Waals surface area contributed by atoms with Crippen LogP contribution in [0.1, 0.15) is 23.2 Å². The molecule has 0 radical (unpaired) electrons. The molecule has 2 N–H and O–H groups in total. The number of amides is 1. The Balaban J connectivity index is 1.19. The van der Waals surface area contributed by atoms with Crippen molar-refractivity contribution in [3.8, 4) is 17.4 Å². The summed E-state index contributed by atoms with van der Waals surface area (Å²) in [6.07, 6.45) is 6.71. The van der Waals surface area contributed by atoms with Crippen LogP contribution >= 0.6 is 0 Å². The van der Waals surface area contributed by atoms with E-state index in [0.717, 1.165) is 42.3 Å². The molecule has 5 rings (SSSR count). The predicted octanol–water partition coefficient (Wildman–Crippen LogP) is 3.09. The Morgan fingerprint density at radius 2 is 1.85 bits per heavy atom. The van der Waals surface area contributed by atoms with E-state index in [9.17, 15) is 4.79 Å². The number of carbonyl (C=O) groups is 1. The van der Waals surface area contributed by atoms with Crippen molar-refractivity contribution in [1.29, 1.82) is 0 Å². The van der Waals surface area contributed by atoms with E-state index in [0.29, 0.717) is 44.5 Å². The highest BCUT2D eigenvalue weighted by molar-refractivity contribution is 5.81. The largest absolute Gasteiger partial charge is 0.486 e. The molecule has 1 aliphatic heterocycles. The van der Waals surface area contributed by atoms with Crippen molar-refractivity contribution in [2.75, 3.05) is 44.3 Å². The van der Waals surface area contributed by atoms with Crippen LogP contribution in [0.5, 0.6) is 11.5 Å². The minimum Gasteiger partial charge on any atom is -0.486 e. The van der Waals surface area contributed by atoms with E-state index in [4.69, 9.17) is 14.5 Å². The number of rotatable bonds is 13. The molecule has 3 heterocycles.